The Balaban J connectivity index is 3.87. The predicted molar refractivity (Wildman–Crippen MR) is 74.6 cm³/mol. The van der Waals surface area contributed by atoms with Crippen LogP contribution >= 0.6 is 0 Å². The molecule has 2 N–H and O–H groups in total. The standard InChI is InChI=1S/C14H31NO3/c1-5-14(6-2,12-16)11-15-10-9-13(17-7-3)18-8-4/h13,15-16H,5-12H2,1-4H3. The van der Waals surface area contributed by atoms with Crippen molar-refractivity contribution < 1.29 is 14.6 Å². The van der Waals surface area contributed by atoms with Gasteiger partial charge in [0.1, 0.15) is 0 Å². The van der Waals surface area contributed by atoms with E-state index in [0.29, 0.717) is 13.2 Å². The van der Waals surface area contributed by atoms with E-state index in [-0.39, 0.29) is 18.3 Å². The largest absolute Gasteiger partial charge is 0.396 e. The molecule has 4 heteroatoms. The van der Waals surface area contributed by atoms with Crippen LogP contribution in [0.15, 0.2) is 0 Å². The van der Waals surface area contributed by atoms with E-state index in [0.717, 1.165) is 32.4 Å². The van der Waals surface area contributed by atoms with Gasteiger partial charge in [0, 0.05) is 38.2 Å². The van der Waals surface area contributed by atoms with Gasteiger partial charge in [-0.15, -0.1) is 0 Å². The van der Waals surface area contributed by atoms with Gasteiger partial charge in [-0.3, -0.25) is 0 Å². The minimum atomic E-state index is -0.112. The van der Waals surface area contributed by atoms with E-state index in [4.69, 9.17) is 9.47 Å². The van der Waals surface area contributed by atoms with Gasteiger partial charge < -0.3 is 19.9 Å². The van der Waals surface area contributed by atoms with Crippen molar-refractivity contribution in [2.24, 2.45) is 5.41 Å². The first-order valence-electron chi connectivity index (χ1n) is 7.22. The first-order valence-corrected chi connectivity index (χ1v) is 7.22. The lowest BCUT2D eigenvalue weighted by Crippen LogP contribution is -2.38. The van der Waals surface area contributed by atoms with E-state index < -0.39 is 0 Å². The van der Waals surface area contributed by atoms with Gasteiger partial charge in [0.05, 0.1) is 0 Å². The molecule has 0 bridgehead atoms. The molecule has 0 rings (SSSR count). The Bertz CT molecular complexity index is 170. The summed E-state index contributed by atoms with van der Waals surface area (Å²) in [5, 5.41) is 12.9. The summed E-state index contributed by atoms with van der Waals surface area (Å²) < 4.78 is 11.0. The topological polar surface area (TPSA) is 50.7 Å². The average Bonchev–Trinajstić information content (AvgIpc) is 2.40. The van der Waals surface area contributed by atoms with E-state index in [1.807, 2.05) is 13.8 Å². The minimum Gasteiger partial charge on any atom is -0.396 e. The quantitative estimate of drug-likeness (QED) is 0.417. The lowest BCUT2D eigenvalue weighted by atomic mass is 9.83. The number of aliphatic hydroxyl groups is 1. The smallest absolute Gasteiger partial charge is 0.158 e. The SMILES string of the molecule is CCOC(CCNCC(CC)(CC)CO)OCC. The van der Waals surface area contributed by atoms with Crippen LogP contribution in [-0.2, 0) is 9.47 Å². The van der Waals surface area contributed by atoms with Crippen molar-refractivity contribution in [1.29, 1.82) is 0 Å². The lowest BCUT2D eigenvalue weighted by Gasteiger charge is -2.30. The maximum Gasteiger partial charge on any atom is 0.158 e. The van der Waals surface area contributed by atoms with Crippen LogP contribution in [0.25, 0.3) is 0 Å². The molecule has 0 unspecified atom stereocenters. The van der Waals surface area contributed by atoms with Crippen molar-refractivity contribution in [3.63, 3.8) is 0 Å². The van der Waals surface area contributed by atoms with Crippen LogP contribution in [0.5, 0.6) is 0 Å². The first kappa shape index (κ1) is 17.8. The van der Waals surface area contributed by atoms with E-state index in [9.17, 15) is 5.11 Å². The fraction of sp³-hybridized carbons (Fsp3) is 1.00. The predicted octanol–water partition coefficient (Wildman–Crippen LogP) is 2.16. The van der Waals surface area contributed by atoms with Gasteiger partial charge in [-0.05, 0) is 33.2 Å². The molecule has 0 amide bonds. The molecule has 0 aromatic heterocycles. The van der Waals surface area contributed by atoms with E-state index in [1.165, 1.54) is 0 Å². The third-order valence-corrected chi connectivity index (χ3v) is 3.60. The number of hydrogen-bond donors (Lipinski definition) is 2. The molecular formula is C14H31NO3. The Morgan fingerprint density at radius 1 is 1.06 bits per heavy atom. The van der Waals surface area contributed by atoms with Crippen LogP contribution in [-0.4, -0.2) is 44.3 Å². The summed E-state index contributed by atoms with van der Waals surface area (Å²) in [5.41, 5.74) is 0.0206. The second kappa shape index (κ2) is 10.7. The molecule has 0 aromatic carbocycles. The molecule has 0 heterocycles. The lowest BCUT2D eigenvalue weighted by molar-refractivity contribution is -0.138. The highest BCUT2D eigenvalue weighted by Gasteiger charge is 2.24. The van der Waals surface area contributed by atoms with Gasteiger partial charge in [-0.2, -0.15) is 0 Å². The van der Waals surface area contributed by atoms with Crippen molar-refractivity contribution >= 4 is 0 Å². The molecule has 0 saturated heterocycles. The van der Waals surface area contributed by atoms with Gasteiger partial charge in [0.15, 0.2) is 6.29 Å². The fourth-order valence-electron chi connectivity index (χ4n) is 1.94. The molecular weight excluding hydrogens is 230 g/mol. The van der Waals surface area contributed by atoms with Crippen LogP contribution in [0.1, 0.15) is 47.0 Å². The number of aliphatic hydroxyl groups excluding tert-OH is 1. The molecule has 0 aromatic rings. The molecule has 4 nitrogen and oxygen atoms in total. The third kappa shape index (κ3) is 6.69. The van der Waals surface area contributed by atoms with Gasteiger partial charge in [0.25, 0.3) is 0 Å². The molecule has 110 valence electrons. The molecule has 0 atom stereocenters. The Hall–Kier alpha value is -0.160. The van der Waals surface area contributed by atoms with E-state index in [2.05, 4.69) is 19.2 Å². The average molecular weight is 261 g/mol. The Morgan fingerprint density at radius 2 is 1.61 bits per heavy atom. The van der Waals surface area contributed by atoms with Crippen molar-refractivity contribution in [2.45, 2.75) is 53.2 Å². The normalized spacial score (nSPS) is 12.3. The Kier molecular flexibility index (Phi) is 10.6. The molecule has 0 saturated carbocycles. The van der Waals surface area contributed by atoms with Gasteiger partial charge in [-0.1, -0.05) is 13.8 Å². The van der Waals surface area contributed by atoms with Crippen molar-refractivity contribution in [3.8, 4) is 0 Å². The van der Waals surface area contributed by atoms with Crippen molar-refractivity contribution in [2.75, 3.05) is 32.9 Å². The van der Waals surface area contributed by atoms with Crippen LogP contribution in [0.2, 0.25) is 0 Å². The molecule has 0 aliphatic rings. The fourth-order valence-corrected chi connectivity index (χ4v) is 1.94. The van der Waals surface area contributed by atoms with Gasteiger partial charge >= 0.3 is 0 Å². The maximum absolute atomic E-state index is 9.46. The summed E-state index contributed by atoms with van der Waals surface area (Å²) in [6, 6.07) is 0. The number of rotatable bonds is 12. The summed E-state index contributed by atoms with van der Waals surface area (Å²) in [4.78, 5) is 0. The molecule has 0 spiro atoms. The summed E-state index contributed by atoms with van der Waals surface area (Å²) in [6.45, 7) is 11.5. The summed E-state index contributed by atoms with van der Waals surface area (Å²) in [6.07, 6.45) is 2.72. The maximum atomic E-state index is 9.46. The van der Waals surface area contributed by atoms with Crippen LogP contribution in [0.4, 0.5) is 0 Å². The molecule has 0 fully saturated rings. The zero-order valence-corrected chi connectivity index (χ0v) is 12.5. The zero-order valence-electron chi connectivity index (χ0n) is 12.5. The highest BCUT2D eigenvalue weighted by atomic mass is 16.7. The summed E-state index contributed by atoms with van der Waals surface area (Å²) in [7, 11) is 0. The molecule has 0 aliphatic heterocycles. The highest BCUT2D eigenvalue weighted by molar-refractivity contribution is 4.78. The van der Waals surface area contributed by atoms with Gasteiger partial charge in [-0.25, -0.2) is 0 Å². The minimum absolute atomic E-state index is 0.0206. The van der Waals surface area contributed by atoms with Crippen LogP contribution in [0.3, 0.4) is 0 Å². The molecule has 18 heavy (non-hydrogen) atoms. The third-order valence-electron chi connectivity index (χ3n) is 3.60. The molecule has 0 radical (unpaired) electrons. The second-order valence-corrected chi connectivity index (χ2v) is 4.67. The first-order chi connectivity index (χ1) is 8.67. The zero-order chi connectivity index (χ0) is 13.9. The summed E-state index contributed by atoms with van der Waals surface area (Å²) >= 11 is 0. The van der Waals surface area contributed by atoms with Crippen LogP contribution in [0, 0.1) is 5.41 Å². The van der Waals surface area contributed by atoms with Crippen LogP contribution < -0.4 is 5.32 Å². The van der Waals surface area contributed by atoms with E-state index >= 15 is 0 Å². The number of ether oxygens (including phenoxy) is 2. The number of nitrogens with one attached hydrogen (secondary N) is 1. The highest BCUT2D eigenvalue weighted by Crippen LogP contribution is 2.24. The Morgan fingerprint density at radius 3 is 2.00 bits per heavy atom. The Labute approximate surface area is 112 Å². The van der Waals surface area contributed by atoms with Crippen molar-refractivity contribution in [3.05, 3.63) is 0 Å². The summed E-state index contributed by atoms with van der Waals surface area (Å²) in [5.74, 6) is 0. The van der Waals surface area contributed by atoms with Gasteiger partial charge in [0.2, 0.25) is 0 Å². The number of hydrogen-bond acceptors (Lipinski definition) is 4. The second-order valence-electron chi connectivity index (χ2n) is 4.67. The van der Waals surface area contributed by atoms with E-state index in [1.54, 1.807) is 0 Å². The molecule has 0 aliphatic carbocycles. The van der Waals surface area contributed by atoms with Crippen molar-refractivity contribution in [1.82, 2.24) is 5.32 Å². The monoisotopic (exact) mass is 261 g/mol.